The van der Waals surface area contributed by atoms with Crippen LogP contribution in [0, 0.1) is 5.92 Å². The standard InChI is InChI=1S/C22H29N3O3S/c1-17-10-12-25(13-11-17)16-20-7-4-3-6-19(20)15-23-22(26)18-8-5-9-21(14-18)24-29(2,27)28/h3-9,14,17,24H,10-13,15-16H2,1-2H3,(H,23,26). The lowest BCUT2D eigenvalue weighted by atomic mass is 9.98. The third-order valence-corrected chi connectivity index (χ3v) is 5.86. The van der Waals surface area contributed by atoms with Gasteiger partial charge < -0.3 is 5.32 Å². The number of benzene rings is 2. The van der Waals surface area contributed by atoms with Crippen LogP contribution in [0.1, 0.15) is 41.3 Å². The van der Waals surface area contributed by atoms with Gasteiger partial charge in [-0.05, 0) is 61.2 Å². The van der Waals surface area contributed by atoms with Crippen LogP contribution in [0.5, 0.6) is 0 Å². The number of piperidine rings is 1. The molecule has 2 aromatic rings. The summed E-state index contributed by atoms with van der Waals surface area (Å²) < 4.78 is 25.2. The number of sulfonamides is 1. The molecule has 0 aromatic heterocycles. The number of nitrogens with zero attached hydrogens (tertiary/aromatic N) is 1. The number of carbonyl (C=O) groups excluding carboxylic acids is 1. The Hall–Kier alpha value is -2.38. The highest BCUT2D eigenvalue weighted by molar-refractivity contribution is 7.92. The molecule has 1 amide bonds. The van der Waals surface area contributed by atoms with Gasteiger partial charge in [-0.15, -0.1) is 0 Å². The number of anilines is 1. The van der Waals surface area contributed by atoms with E-state index in [-0.39, 0.29) is 5.91 Å². The molecule has 1 aliphatic rings. The number of hydrogen-bond acceptors (Lipinski definition) is 4. The van der Waals surface area contributed by atoms with Gasteiger partial charge in [0.2, 0.25) is 10.0 Å². The lowest BCUT2D eigenvalue weighted by molar-refractivity contribution is 0.0950. The number of nitrogens with one attached hydrogen (secondary N) is 2. The molecular formula is C22H29N3O3S. The van der Waals surface area contributed by atoms with Crippen molar-refractivity contribution in [2.45, 2.75) is 32.9 Å². The van der Waals surface area contributed by atoms with Gasteiger partial charge in [0.25, 0.3) is 5.91 Å². The molecule has 0 atom stereocenters. The minimum Gasteiger partial charge on any atom is -0.348 e. The molecule has 1 aliphatic heterocycles. The summed E-state index contributed by atoms with van der Waals surface area (Å²) in [5.41, 5.74) is 3.13. The Balaban J connectivity index is 1.63. The highest BCUT2D eigenvalue weighted by Gasteiger charge is 2.17. The number of hydrogen-bond donors (Lipinski definition) is 2. The van der Waals surface area contributed by atoms with Crippen molar-refractivity contribution >= 4 is 21.6 Å². The number of carbonyl (C=O) groups is 1. The lowest BCUT2D eigenvalue weighted by Crippen LogP contribution is -2.33. The van der Waals surface area contributed by atoms with E-state index in [1.165, 1.54) is 24.5 Å². The second-order valence-electron chi connectivity index (χ2n) is 7.87. The van der Waals surface area contributed by atoms with Crippen LogP contribution in [0.25, 0.3) is 0 Å². The molecule has 0 aliphatic carbocycles. The van der Waals surface area contributed by atoms with E-state index in [9.17, 15) is 13.2 Å². The van der Waals surface area contributed by atoms with Gasteiger partial charge in [0.1, 0.15) is 0 Å². The van der Waals surface area contributed by atoms with Gasteiger partial charge in [-0.1, -0.05) is 37.3 Å². The molecule has 7 heteroatoms. The fourth-order valence-electron chi connectivity index (χ4n) is 3.56. The number of amides is 1. The van der Waals surface area contributed by atoms with Gasteiger partial charge >= 0.3 is 0 Å². The van der Waals surface area contributed by atoms with Gasteiger partial charge in [0.05, 0.1) is 6.26 Å². The normalized spacial score (nSPS) is 15.8. The molecule has 0 radical (unpaired) electrons. The maximum Gasteiger partial charge on any atom is 0.251 e. The lowest BCUT2D eigenvalue weighted by Gasteiger charge is -2.30. The average molecular weight is 416 g/mol. The maximum atomic E-state index is 12.6. The second-order valence-corrected chi connectivity index (χ2v) is 9.61. The van der Waals surface area contributed by atoms with E-state index in [2.05, 4.69) is 27.9 Å². The Bertz CT molecular complexity index is 951. The third kappa shape index (κ3) is 6.58. The molecule has 3 rings (SSSR count). The zero-order chi connectivity index (χ0) is 20.9. The Morgan fingerprint density at radius 3 is 2.45 bits per heavy atom. The van der Waals surface area contributed by atoms with Crippen molar-refractivity contribution < 1.29 is 13.2 Å². The molecule has 0 spiro atoms. The minimum absolute atomic E-state index is 0.233. The van der Waals surface area contributed by atoms with Crippen molar-refractivity contribution in [1.29, 1.82) is 0 Å². The van der Waals surface area contributed by atoms with E-state index in [1.54, 1.807) is 18.2 Å². The predicted octanol–water partition coefficient (Wildman–Crippen LogP) is 3.22. The third-order valence-electron chi connectivity index (χ3n) is 5.26. The first-order chi connectivity index (χ1) is 13.8. The molecule has 156 valence electrons. The summed E-state index contributed by atoms with van der Waals surface area (Å²) in [6.07, 6.45) is 3.55. The minimum atomic E-state index is -3.38. The highest BCUT2D eigenvalue weighted by Crippen LogP contribution is 2.20. The van der Waals surface area contributed by atoms with Gasteiger partial charge in [-0.3, -0.25) is 14.4 Å². The Morgan fingerprint density at radius 2 is 1.76 bits per heavy atom. The Kier molecular flexibility index (Phi) is 6.92. The molecule has 1 fully saturated rings. The Morgan fingerprint density at radius 1 is 1.07 bits per heavy atom. The fraction of sp³-hybridized carbons (Fsp3) is 0.409. The summed E-state index contributed by atoms with van der Waals surface area (Å²) in [6.45, 7) is 5.86. The van der Waals surface area contributed by atoms with Crippen molar-refractivity contribution in [2.24, 2.45) is 5.92 Å². The molecule has 0 saturated carbocycles. The van der Waals surface area contributed by atoms with Gasteiger partial charge in [-0.2, -0.15) is 0 Å². The van der Waals surface area contributed by atoms with E-state index in [0.717, 1.165) is 37.4 Å². The van der Waals surface area contributed by atoms with Crippen LogP contribution >= 0.6 is 0 Å². The zero-order valence-electron chi connectivity index (χ0n) is 17.0. The molecule has 1 heterocycles. The van der Waals surface area contributed by atoms with Crippen molar-refractivity contribution in [1.82, 2.24) is 10.2 Å². The first-order valence-corrected chi connectivity index (χ1v) is 11.8. The molecule has 6 nitrogen and oxygen atoms in total. The van der Waals surface area contributed by atoms with Crippen molar-refractivity contribution in [3.63, 3.8) is 0 Å². The molecule has 2 aromatic carbocycles. The summed E-state index contributed by atoms with van der Waals surface area (Å²) in [5.74, 6) is 0.567. The van der Waals surface area contributed by atoms with E-state index in [1.807, 2.05) is 18.2 Å². The van der Waals surface area contributed by atoms with Gasteiger partial charge in [0.15, 0.2) is 0 Å². The summed E-state index contributed by atoms with van der Waals surface area (Å²) in [6, 6.07) is 14.7. The topological polar surface area (TPSA) is 78.5 Å². The number of rotatable bonds is 7. The van der Waals surface area contributed by atoms with Crippen molar-refractivity contribution in [2.75, 3.05) is 24.1 Å². The Labute approximate surface area is 173 Å². The van der Waals surface area contributed by atoms with Crippen LogP contribution in [-0.2, 0) is 23.1 Å². The molecule has 0 bridgehead atoms. The van der Waals surface area contributed by atoms with Crippen molar-refractivity contribution in [3.8, 4) is 0 Å². The van der Waals surface area contributed by atoms with Crippen LogP contribution in [-0.4, -0.2) is 38.6 Å². The van der Waals surface area contributed by atoms with Crippen molar-refractivity contribution in [3.05, 3.63) is 65.2 Å². The van der Waals surface area contributed by atoms with Gasteiger partial charge in [-0.25, -0.2) is 8.42 Å². The molecule has 0 unspecified atom stereocenters. The predicted molar refractivity (Wildman–Crippen MR) is 116 cm³/mol. The fourth-order valence-corrected chi connectivity index (χ4v) is 4.12. The first kappa shape index (κ1) is 21.3. The summed E-state index contributed by atoms with van der Waals surface area (Å²) in [5, 5.41) is 2.96. The van der Waals surface area contributed by atoms with Crippen LogP contribution in [0.2, 0.25) is 0 Å². The second kappa shape index (κ2) is 9.41. The van der Waals surface area contributed by atoms with Crippen LogP contribution in [0.4, 0.5) is 5.69 Å². The molecule has 29 heavy (non-hydrogen) atoms. The van der Waals surface area contributed by atoms with E-state index in [0.29, 0.717) is 17.8 Å². The molecule has 1 saturated heterocycles. The molecular weight excluding hydrogens is 386 g/mol. The summed E-state index contributed by atoms with van der Waals surface area (Å²) >= 11 is 0. The van der Waals surface area contributed by atoms with E-state index < -0.39 is 10.0 Å². The summed E-state index contributed by atoms with van der Waals surface area (Å²) in [7, 11) is -3.38. The smallest absolute Gasteiger partial charge is 0.251 e. The quantitative estimate of drug-likeness (QED) is 0.728. The zero-order valence-corrected chi connectivity index (χ0v) is 17.8. The van der Waals surface area contributed by atoms with Crippen LogP contribution in [0.15, 0.2) is 48.5 Å². The van der Waals surface area contributed by atoms with E-state index >= 15 is 0 Å². The van der Waals surface area contributed by atoms with Crippen LogP contribution in [0.3, 0.4) is 0 Å². The summed E-state index contributed by atoms with van der Waals surface area (Å²) in [4.78, 5) is 15.0. The maximum absolute atomic E-state index is 12.6. The number of likely N-dealkylation sites (tertiary alicyclic amines) is 1. The largest absolute Gasteiger partial charge is 0.348 e. The SMILES string of the molecule is CC1CCN(Cc2ccccc2CNC(=O)c2cccc(NS(C)(=O)=O)c2)CC1. The molecule has 2 N–H and O–H groups in total. The highest BCUT2D eigenvalue weighted by atomic mass is 32.2. The average Bonchev–Trinajstić information content (AvgIpc) is 2.68. The first-order valence-electron chi connectivity index (χ1n) is 9.95. The van der Waals surface area contributed by atoms with Crippen LogP contribution < -0.4 is 10.0 Å². The monoisotopic (exact) mass is 415 g/mol. The van der Waals surface area contributed by atoms with Gasteiger partial charge in [0, 0.05) is 24.3 Å². The van der Waals surface area contributed by atoms with E-state index in [4.69, 9.17) is 0 Å².